The van der Waals surface area contributed by atoms with Crippen molar-refractivity contribution in [3.63, 3.8) is 0 Å². The summed E-state index contributed by atoms with van der Waals surface area (Å²) in [7, 11) is 0. The molecule has 15 heteroatoms. The van der Waals surface area contributed by atoms with Crippen molar-refractivity contribution in [1.29, 1.82) is 0 Å². The summed E-state index contributed by atoms with van der Waals surface area (Å²) in [4.78, 5) is 5.78. The lowest BCUT2D eigenvalue weighted by Gasteiger charge is -2.19. The quantitative estimate of drug-likeness (QED) is 0.203. The molecule has 2 N–H and O–H groups in total. The molecule has 0 saturated heterocycles. The summed E-state index contributed by atoms with van der Waals surface area (Å²) < 4.78 is 48.0. The van der Waals surface area contributed by atoms with Crippen LogP contribution in [0.4, 0.5) is 0 Å². The second-order valence-electron chi connectivity index (χ2n) is 9.60. The summed E-state index contributed by atoms with van der Waals surface area (Å²) in [6, 6.07) is 0. The van der Waals surface area contributed by atoms with Gasteiger partial charge in [-0.2, -0.15) is 0 Å². The van der Waals surface area contributed by atoms with Gasteiger partial charge in [0.05, 0.1) is 39.0 Å². The van der Waals surface area contributed by atoms with Crippen molar-refractivity contribution in [2.24, 2.45) is 0 Å². The Balaban J connectivity index is 1.20. The molecule has 0 fully saturated rings. The van der Waals surface area contributed by atoms with Crippen LogP contribution >= 0.6 is 56.7 Å². The van der Waals surface area contributed by atoms with Crippen molar-refractivity contribution < 1.29 is 48.1 Å². The van der Waals surface area contributed by atoms with Crippen LogP contribution in [0.3, 0.4) is 0 Å². The van der Waals surface area contributed by atoms with Gasteiger partial charge in [0.1, 0.15) is 52.9 Å². The normalized spacial score (nSPS) is 16.4. The molecule has 0 bridgehead atoms. The fraction of sp³-hybridized carbons (Fsp3) is 0.286. The van der Waals surface area contributed by atoms with Gasteiger partial charge >= 0.3 is 0 Å². The van der Waals surface area contributed by atoms with Gasteiger partial charge in [0.15, 0.2) is 57.5 Å². The lowest BCUT2D eigenvalue weighted by Crippen LogP contribution is -2.16. The smallest absolute Gasteiger partial charge is 0.181 e. The van der Waals surface area contributed by atoms with Crippen LogP contribution in [0, 0.1) is 0 Å². The molecule has 4 aliphatic rings. The predicted molar refractivity (Wildman–Crippen MR) is 165 cm³/mol. The molecule has 43 heavy (non-hydrogen) atoms. The molecule has 4 aliphatic heterocycles. The van der Waals surface area contributed by atoms with E-state index in [1.54, 1.807) is 11.3 Å². The molecule has 10 nitrogen and oxygen atoms in total. The Labute approximate surface area is 263 Å². The van der Waals surface area contributed by atoms with E-state index in [0.717, 1.165) is 25.3 Å². The second-order valence-corrected chi connectivity index (χ2v) is 14.4. The molecule has 0 saturated carbocycles. The molecule has 5 aromatic rings. The first-order chi connectivity index (χ1) is 21.2. The zero-order valence-electron chi connectivity index (χ0n) is 22.0. The minimum Gasteiger partial charge on any atom is -0.503 e. The van der Waals surface area contributed by atoms with E-state index >= 15 is 0 Å². The van der Waals surface area contributed by atoms with Gasteiger partial charge in [0.25, 0.3) is 0 Å². The first kappa shape index (κ1) is 25.9. The maximum atomic E-state index is 11.2. The number of hydrogen-bond acceptors (Lipinski definition) is 15. The fourth-order valence-electron chi connectivity index (χ4n) is 5.26. The van der Waals surface area contributed by atoms with E-state index < -0.39 is 0 Å². The summed E-state index contributed by atoms with van der Waals surface area (Å²) in [6.45, 7) is 3.46. The largest absolute Gasteiger partial charge is 0.503 e. The Bertz CT molecular complexity index is 1890. The highest BCUT2D eigenvalue weighted by molar-refractivity contribution is 7.30. The maximum absolute atomic E-state index is 11.2. The van der Waals surface area contributed by atoms with Gasteiger partial charge < -0.3 is 48.1 Å². The van der Waals surface area contributed by atoms with Crippen LogP contribution < -0.4 is 37.9 Å². The van der Waals surface area contributed by atoms with Crippen molar-refractivity contribution in [3.05, 3.63) is 10.8 Å². The standard InChI is InChI=1S/C28H20O10S5/c29-13-14(30)22(41-21(13)23-15-11(9-39-23)31-1-3-33-15)25-17-19(37-7-5-35-17)27(42-25)28-20-18(36-6-8-38-20)26(43-28)24-16-12(10-40-24)32-2-4-34-16/h9-10,29-30H,1-8H2. The number of hydrogen-bond donors (Lipinski definition) is 2. The molecule has 0 amide bonds. The van der Waals surface area contributed by atoms with Crippen LogP contribution in [-0.4, -0.2) is 63.1 Å². The molecular weight excluding hydrogens is 657 g/mol. The van der Waals surface area contributed by atoms with Crippen molar-refractivity contribution >= 4 is 56.7 Å². The number of thiophene rings is 5. The van der Waals surface area contributed by atoms with Crippen LogP contribution in [-0.2, 0) is 0 Å². The Morgan fingerprint density at radius 2 is 0.674 bits per heavy atom. The molecule has 9 heterocycles. The van der Waals surface area contributed by atoms with E-state index in [-0.39, 0.29) is 11.5 Å². The molecule has 0 aromatic carbocycles. The van der Waals surface area contributed by atoms with Gasteiger partial charge in [-0.1, -0.05) is 0 Å². The maximum Gasteiger partial charge on any atom is 0.181 e. The number of aromatic hydroxyl groups is 2. The molecule has 0 unspecified atom stereocenters. The summed E-state index contributed by atoms with van der Waals surface area (Å²) in [5.74, 6) is 4.61. The summed E-state index contributed by atoms with van der Waals surface area (Å²) in [5.41, 5.74) is 0. The number of rotatable bonds is 4. The van der Waals surface area contributed by atoms with Gasteiger partial charge in [0.2, 0.25) is 0 Å². The number of ether oxygens (including phenoxy) is 8. The van der Waals surface area contributed by atoms with Gasteiger partial charge in [-0.15, -0.1) is 56.7 Å². The van der Waals surface area contributed by atoms with Crippen molar-refractivity contribution in [3.8, 4) is 96.5 Å². The Kier molecular flexibility index (Phi) is 6.05. The molecular formula is C28H20O10S5. The predicted octanol–water partition coefficient (Wildman–Crippen LogP) is 7.16. The van der Waals surface area contributed by atoms with E-state index in [1.807, 2.05) is 10.8 Å². The summed E-state index contributed by atoms with van der Waals surface area (Å²) >= 11 is 7.15. The third-order valence-corrected chi connectivity index (χ3v) is 13.1. The third-order valence-electron chi connectivity index (χ3n) is 7.08. The van der Waals surface area contributed by atoms with E-state index in [4.69, 9.17) is 37.9 Å². The first-order valence-electron chi connectivity index (χ1n) is 13.3. The highest BCUT2D eigenvalue weighted by Crippen LogP contribution is 2.66. The molecule has 0 atom stereocenters. The zero-order chi connectivity index (χ0) is 28.7. The van der Waals surface area contributed by atoms with Gasteiger partial charge in [-0.25, -0.2) is 0 Å². The van der Waals surface area contributed by atoms with E-state index in [2.05, 4.69) is 0 Å². The van der Waals surface area contributed by atoms with E-state index in [9.17, 15) is 10.2 Å². The number of fused-ring (bicyclic) bond motifs is 4. The summed E-state index contributed by atoms with van der Waals surface area (Å²) in [5, 5.41) is 26.1. The SMILES string of the molecule is Oc1c(-c2scc3c2OCCO3)sc(-c2sc(-c3sc(-c4scc5c4OCCO5)c4c3OCCO4)c3c2OCCO3)c1O. The lowest BCUT2D eigenvalue weighted by molar-refractivity contribution is 0.171. The highest BCUT2D eigenvalue weighted by atomic mass is 32.1. The highest BCUT2D eigenvalue weighted by Gasteiger charge is 2.37. The average molecular weight is 677 g/mol. The van der Waals surface area contributed by atoms with Crippen molar-refractivity contribution in [1.82, 2.24) is 0 Å². The van der Waals surface area contributed by atoms with Crippen LogP contribution in [0.15, 0.2) is 10.8 Å². The van der Waals surface area contributed by atoms with Crippen LogP contribution in [0.1, 0.15) is 0 Å². The van der Waals surface area contributed by atoms with Crippen LogP contribution in [0.5, 0.6) is 57.5 Å². The molecule has 0 radical (unpaired) electrons. The molecule has 9 rings (SSSR count). The Morgan fingerprint density at radius 1 is 0.372 bits per heavy atom. The lowest BCUT2D eigenvalue weighted by atomic mass is 10.2. The zero-order valence-corrected chi connectivity index (χ0v) is 26.1. The van der Waals surface area contributed by atoms with Crippen molar-refractivity contribution in [2.45, 2.75) is 0 Å². The minimum atomic E-state index is -0.223. The molecule has 5 aromatic heterocycles. The molecule has 0 aliphatic carbocycles. The average Bonchev–Trinajstić information content (AvgIpc) is 3.87. The van der Waals surface area contributed by atoms with Crippen LogP contribution in [0.2, 0.25) is 0 Å². The van der Waals surface area contributed by atoms with Crippen LogP contribution in [0.25, 0.3) is 39.0 Å². The van der Waals surface area contributed by atoms with E-state index in [1.165, 1.54) is 45.3 Å². The second kappa shape index (κ2) is 10.0. The van der Waals surface area contributed by atoms with E-state index in [0.29, 0.717) is 113 Å². The molecule has 0 spiro atoms. The Morgan fingerprint density at radius 3 is 1.14 bits per heavy atom. The topological polar surface area (TPSA) is 114 Å². The van der Waals surface area contributed by atoms with Gasteiger partial charge in [0, 0.05) is 10.8 Å². The van der Waals surface area contributed by atoms with Gasteiger partial charge in [-0.05, 0) is 0 Å². The first-order valence-corrected chi connectivity index (χ1v) is 17.5. The molecule has 222 valence electrons. The van der Waals surface area contributed by atoms with Gasteiger partial charge in [-0.3, -0.25) is 0 Å². The Hall–Kier alpha value is -3.50. The minimum absolute atomic E-state index is 0.212. The third kappa shape index (κ3) is 3.91. The summed E-state index contributed by atoms with van der Waals surface area (Å²) in [6.07, 6.45) is 0. The monoisotopic (exact) mass is 676 g/mol. The van der Waals surface area contributed by atoms with Crippen molar-refractivity contribution in [2.75, 3.05) is 52.9 Å². The fourth-order valence-corrected chi connectivity index (χ4v) is 11.1.